The molecule has 0 atom stereocenters. The molecular formula is C22H26ClN3O4S. The lowest BCUT2D eigenvalue weighted by Gasteiger charge is -2.26. The molecule has 2 aromatic rings. The van der Waals surface area contributed by atoms with Crippen LogP contribution in [0.15, 0.2) is 41.4 Å². The molecule has 1 aliphatic heterocycles. The molecule has 0 spiro atoms. The number of hydrogen-bond donors (Lipinski definition) is 1. The Balaban J connectivity index is 1.39. The minimum absolute atomic E-state index is 0.0254. The van der Waals surface area contributed by atoms with Gasteiger partial charge in [-0.25, -0.2) is 13.4 Å². The molecule has 2 aliphatic rings. The number of aromatic nitrogens is 1. The first-order valence-electron chi connectivity index (χ1n) is 10.6. The summed E-state index contributed by atoms with van der Waals surface area (Å²) in [6.07, 6.45) is 6.78. The Hall–Kier alpha value is -2.16. The van der Waals surface area contributed by atoms with E-state index in [1.54, 1.807) is 12.3 Å². The molecule has 0 unspecified atom stereocenters. The fraction of sp³-hybridized carbons (Fsp3) is 0.455. The third-order valence-corrected chi connectivity index (χ3v) is 7.92. The number of amides is 1. The van der Waals surface area contributed by atoms with Crippen molar-refractivity contribution in [3.8, 4) is 5.88 Å². The van der Waals surface area contributed by atoms with Crippen molar-refractivity contribution in [1.29, 1.82) is 0 Å². The van der Waals surface area contributed by atoms with Crippen LogP contribution in [0.5, 0.6) is 5.88 Å². The molecule has 9 heteroatoms. The van der Waals surface area contributed by atoms with Crippen LogP contribution < -0.4 is 10.1 Å². The number of nitrogens with zero attached hydrogens (tertiary/aromatic N) is 2. The van der Waals surface area contributed by atoms with E-state index in [9.17, 15) is 13.2 Å². The second-order valence-electron chi connectivity index (χ2n) is 8.05. The first-order chi connectivity index (χ1) is 14.9. The van der Waals surface area contributed by atoms with E-state index in [0.29, 0.717) is 31.5 Å². The average molecular weight is 464 g/mol. The quantitative estimate of drug-likeness (QED) is 0.645. The van der Waals surface area contributed by atoms with E-state index < -0.39 is 10.0 Å². The summed E-state index contributed by atoms with van der Waals surface area (Å²) in [7, 11) is -3.73. The Kier molecular flexibility index (Phi) is 6.79. The smallest absolute Gasteiger partial charge is 0.251 e. The van der Waals surface area contributed by atoms with Crippen LogP contribution in [0, 0.1) is 5.92 Å². The second-order valence-corrected chi connectivity index (χ2v) is 10.4. The maximum atomic E-state index is 13.0. The Labute approximate surface area is 187 Å². The number of halogens is 1. The molecule has 7 nitrogen and oxygen atoms in total. The lowest BCUT2D eigenvalue weighted by atomic mass is 10.2. The van der Waals surface area contributed by atoms with Gasteiger partial charge in [-0.1, -0.05) is 24.1 Å². The van der Waals surface area contributed by atoms with Gasteiger partial charge in [0.2, 0.25) is 15.9 Å². The van der Waals surface area contributed by atoms with Crippen LogP contribution in [0.2, 0.25) is 5.02 Å². The van der Waals surface area contributed by atoms with Crippen LogP contribution in [0.3, 0.4) is 0 Å². The van der Waals surface area contributed by atoms with Crippen molar-refractivity contribution in [2.75, 3.05) is 19.7 Å². The lowest BCUT2D eigenvalue weighted by molar-refractivity contribution is 0.0950. The summed E-state index contributed by atoms with van der Waals surface area (Å²) in [5.41, 5.74) is 1.07. The van der Waals surface area contributed by atoms with Gasteiger partial charge in [-0.15, -0.1) is 0 Å². The maximum Gasteiger partial charge on any atom is 0.251 e. The first-order valence-corrected chi connectivity index (χ1v) is 12.4. The summed E-state index contributed by atoms with van der Waals surface area (Å²) in [4.78, 5) is 16.9. The number of hydrogen-bond acceptors (Lipinski definition) is 5. The Morgan fingerprint density at radius 1 is 1.16 bits per heavy atom. The minimum atomic E-state index is -3.73. The van der Waals surface area contributed by atoms with Crippen molar-refractivity contribution >= 4 is 27.5 Å². The number of sulfonamides is 1. The molecule has 31 heavy (non-hydrogen) atoms. The van der Waals surface area contributed by atoms with E-state index >= 15 is 0 Å². The molecule has 166 valence electrons. The summed E-state index contributed by atoms with van der Waals surface area (Å²) in [6.45, 7) is 1.92. The van der Waals surface area contributed by atoms with Crippen LogP contribution in [0.4, 0.5) is 0 Å². The third kappa shape index (κ3) is 5.56. The number of piperidine rings is 1. The van der Waals surface area contributed by atoms with Crippen LogP contribution in [0.25, 0.3) is 0 Å². The second kappa shape index (κ2) is 9.54. The Bertz CT molecular complexity index is 1030. The van der Waals surface area contributed by atoms with Gasteiger partial charge in [0.1, 0.15) is 4.90 Å². The number of ether oxygens (including phenoxy) is 1. The van der Waals surface area contributed by atoms with Crippen molar-refractivity contribution in [3.05, 3.63) is 52.7 Å². The van der Waals surface area contributed by atoms with Gasteiger partial charge in [0.15, 0.2) is 0 Å². The van der Waals surface area contributed by atoms with Gasteiger partial charge in [0.05, 0.1) is 11.6 Å². The zero-order valence-corrected chi connectivity index (χ0v) is 18.8. The zero-order valence-electron chi connectivity index (χ0n) is 17.2. The molecule has 1 aromatic carbocycles. The predicted molar refractivity (Wildman–Crippen MR) is 118 cm³/mol. The van der Waals surface area contributed by atoms with E-state index in [0.717, 1.165) is 24.8 Å². The molecule has 0 radical (unpaired) electrons. The predicted octanol–water partition coefficient (Wildman–Crippen LogP) is 3.63. The van der Waals surface area contributed by atoms with Gasteiger partial charge in [0, 0.05) is 37.5 Å². The van der Waals surface area contributed by atoms with E-state index in [-0.39, 0.29) is 27.9 Å². The highest BCUT2D eigenvalue weighted by Gasteiger charge is 2.28. The van der Waals surface area contributed by atoms with Gasteiger partial charge in [0.25, 0.3) is 5.91 Å². The molecule has 1 amide bonds. The molecule has 0 bridgehead atoms. The summed E-state index contributed by atoms with van der Waals surface area (Å²) in [5, 5.41) is 2.92. The molecule has 2 heterocycles. The van der Waals surface area contributed by atoms with Crippen LogP contribution in [-0.2, 0) is 16.6 Å². The third-order valence-electron chi connectivity index (χ3n) is 5.54. The Morgan fingerprint density at radius 3 is 2.61 bits per heavy atom. The summed E-state index contributed by atoms with van der Waals surface area (Å²) in [6, 6.07) is 7.98. The van der Waals surface area contributed by atoms with Crippen molar-refractivity contribution < 1.29 is 17.9 Å². The van der Waals surface area contributed by atoms with Gasteiger partial charge < -0.3 is 10.1 Å². The monoisotopic (exact) mass is 463 g/mol. The van der Waals surface area contributed by atoms with Gasteiger partial charge in [-0.2, -0.15) is 4.31 Å². The number of carbonyl (C=O) groups excluding carboxylic acids is 1. The summed E-state index contributed by atoms with van der Waals surface area (Å²) in [5.74, 6) is 0.858. The molecule has 1 aromatic heterocycles. The van der Waals surface area contributed by atoms with Crippen molar-refractivity contribution in [1.82, 2.24) is 14.6 Å². The lowest BCUT2D eigenvalue weighted by Crippen LogP contribution is -2.36. The van der Waals surface area contributed by atoms with Crippen molar-refractivity contribution in [3.63, 3.8) is 0 Å². The SMILES string of the molecule is O=C(NCc1ccc(OCC2CC2)nc1)c1ccc(Cl)c(S(=O)(=O)N2CCCCC2)c1. The molecule has 1 saturated carbocycles. The highest BCUT2D eigenvalue weighted by atomic mass is 35.5. The minimum Gasteiger partial charge on any atom is -0.477 e. The maximum absolute atomic E-state index is 13.0. The van der Waals surface area contributed by atoms with Crippen LogP contribution in [-0.4, -0.2) is 43.3 Å². The summed E-state index contributed by atoms with van der Waals surface area (Å²) >= 11 is 6.18. The van der Waals surface area contributed by atoms with Gasteiger partial charge >= 0.3 is 0 Å². The zero-order chi connectivity index (χ0) is 21.8. The highest BCUT2D eigenvalue weighted by molar-refractivity contribution is 7.89. The molecule has 2 fully saturated rings. The highest BCUT2D eigenvalue weighted by Crippen LogP contribution is 2.29. The van der Waals surface area contributed by atoms with Gasteiger partial charge in [-0.05, 0) is 55.4 Å². The van der Waals surface area contributed by atoms with Crippen molar-refractivity contribution in [2.24, 2.45) is 5.92 Å². The molecule has 1 aliphatic carbocycles. The van der Waals surface area contributed by atoms with Crippen LogP contribution >= 0.6 is 11.6 Å². The molecule has 4 rings (SSSR count). The normalized spacial score (nSPS) is 17.3. The topological polar surface area (TPSA) is 88.6 Å². The van der Waals surface area contributed by atoms with E-state index in [2.05, 4.69) is 10.3 Å². The fourth-order valence-electron chi connectivity index (χ4n) is 3.46. The number of pyridine rings is 1. The molecule has 1 N–H and O–H groups in total. The van der Waals surface area contributed by atoms with Gasteiger partial charge in [-0.3, -0.25) is 4.79 Å². The number of rotatable bonds is 8. The molecule has 1 saturated heterocycles. The van der Waals surface area contributed by atoms with E-state index in [1.165, 1.54) is 35.3 Å². The first kappa shape index (κ1) is 22.0. The Morgan fingerprint density at radius 2 is 1.94 bits per heavy atom. The standard InChI is InChI=1S/C22H26ClN3O4S/c23-19-8-7-18(12-20(19)31(28,29)26-10-2-1-3-11-26)22(27)25-14-17-6-9-21(24-13-17)30-15-16-4-5-16/h6-9,12-13,16H,1-5,10-11,14-15H2,(H,25,27). The largest absolute Gasteiger partial charge is 0.477 e. The van der Waals surface area contributed by atoms with E-state index in [1.807, 2.05) is 6.07 Å². The number of carbonyl (C=O) groups is 1. The fourth-order valence-corrected chi connectivity index (χ4v) is 5.48. The number of benzene rings is 1. The van der Waals surface area contributed by atoms with E-state index in [4.69, 9.17) is 16.3 Å². The average Bonchev–Trinajstić information content (AvgIpc) is 3.62. The summed E-state index contributed by atoms with van der Waals surface area (Å²) < 4.78 is 33.0. The molecular weight excluding hydrogens is 438 g/mol. The number of nitrogens with one attached hydrogen (secondary N) is 1. The van der Waals surface area contributed by atoms with Crippen LogP contribution in [0.1, 0.15) is 48.0 Å². The van der Waals surface area contributed by atoms with Crippen molar-refractivity contribution in [2.45, 2.75) is 43.5 Å².